The minimum atomic E-state index is 0.556. The Balaban J connectivity index is 1.96. The lowest BCUT2D eigenvalue weighted by molar-refractivity contribution is 0.326. The number of aliphatic imine (C=N–C) groups is 1. The Bertz CT molecular complexity index is 615. The minimum Gasteiger partial charge on any atom is -0.478 e. The fraction of sp³-hybridized carbons (Fsp3) is 0.353. The third-order valence-electron chi connectivity index (χ3n) is 3.02. The quantitative estimate of drug-likeness (QED) is 0.605. The highest BCUT2D eigenvalue weighted by atomic mass is 16.5. The van der Waals surface area contributed by atoms with E-state index in [2.05, 4.69) is 25.6 Å². The molecular weight excluding hydrogens is 290 g/mol. The van der Waals surface area contributed by atoms with E-state index in [1.54, 1.807) is 12.4 Å². The van der Waals surface area contributed by atoms with Gasteiger partial charge in [-0.2, -0.15) is 0 Å². The lowest BCUT2D eigenvalue weighted by Crippen LogP contribution is -2.37. The molecule has 0 amide bonds. The fourth-order valence-electron chi connectivity index (χ4n) is 1.96. The summed E-state index contributed by atoms with van der Waals surface area (Å²) < 4.78 is 5.41. The summed E-state index contributed by atoms with van der Waals surface area (Å²) >= 11 is 0. The highest BCUT2D eigenvalue weighted by molar-refractivity contribution is 5.79. The van der Waals surface area contributed by atoms with Crippen molar-refractivity contribution in [2.45, 2.75) is 26.9 Å². The third-order valence-corrected chi connectivity index (χ3v) is 3.02. The summed E-state index contributed by atoms with van der Waals surface area (Å²) in [6.45, 7) is 6.57. The summed E-state index contributed by atoms with van der Waals surface area (Å²) in [6.07, 6.45) is 3.53. The van der Waals surface area contributed by atoms with Crippen molar-refractivity contribution in [2.75, 3.05) is 13.2 Å². The molecule has 0 fully saturated rings. The van der Waals surface area contributed by atoms with Crippen LogP contribution in [-0.2, 0) is 13.1 Å². The maximum Gasteiger partial charge on any atom is 0.213 e. The van der Waals surface area contributed by atoms with E-state index in [9.17, 15) is 0 Å². The van der Waals surface area contributed by atoms with Gasteiger partial charge < -0.3 is 15.4 Å². The van der Waals surface area contributed by atoms with Crippen molar-refractivity contribution in [3.63, 3.8) is 0 Å². The van der Waals surface area contributed by atoms with E-state index in [0.29, 0.717) is 25.6 Å². The number of hydrogen-bond acceptors (Lipinski definition) is 4. The summed E-state index contributed by atoms with van der Waals surface area (Å²) in [5.74, 6) is 1.39. The van der Waals surface area contributed by atoms with E-state index in [4.69, 9.17) is 4.74 Å². The second-order valence-corrected chi connectivity index (χ2v) is 4.81. The smallest absolute Gasteiger partial charge is 0.213 e. The van der Waals surface area contributed by atoms with Gasteiger partial charge in [-0.3, -0.25) is 4.98 Å². The first-order valence-electron chi connectivity index (χ1n) is 7.81. The Kier molecular flexibility index (Phi) is 6.84. The van der Waals surface area contributed by atoms with Gasteiger partial charge in [0, 0.05) is 25.0 Å². The number of nitrogens with one attached hydrogen (secondary N) is 2. The van der Waals surface area contributed by atoms with Crippen LogP contribution in [0.4, 0.5) is 0 Å². The molecule has 0 saturated carbocycles. The van der Waals surface area contributed by atoms with Crippen molar-refractivity contribution < 1.29 is 4.74 Å². The average Bonchev–Trinajstić information content (AvgIpc) is 2.59. The number of aromatic nitrogens is 2. The van der Waals surface area contributed by atoms with E-state index < -0.39 is 0 Å². The minimum absolute atomic E-state index is 0.556. The molecule has 6 nitrogen and oxygen atoms in total. The second kappa shape index (κ2) is 9.40. The zero-order valence-corrected chi connectivity index (χ0v) is 13.6. The average molecular weight is 313 g/mol. The molecule has 2 N–H and O–H groups in total. The molecular formula is C17H23N5O. The lowest BCUT2D eigenvalue weighted by atomic mass is 10.3. The van der Waals surface area contributed by atoms with Gasteiger partial charge in [-0.15, -0.1) is 0 Å². The molecule has 2 heterocycles. The molecule has 0 bridgehead atoms. The predicted molar refractivity (Wildman–Crippen MR) is 91.3 cm³/mol. The number of nitrogens with zero attached hydrogens (tertiary/aromatic N) is 3. The second-order valence-electron chi connectivity index (χ2n) is 4.81. The first-order chi connectivity index (χ1) is 11.3. The molecule has 0 saturated heterocycles. The maximum absolute atomic E-state index is 5.41. The standard InChI is InChI=1S/C17H23N5O/c1-3-18-17(22-13-15-7-5-6-9-19-15)21-12-14-8-10-20-16(11-14)23-4-2/h5-11H,3-4,12-13H2,1-2H3,(H2,18,21,22). The van der Waals surface area contributed by atoms with Crippen molar-refractivity contribution in [1.29, 1.82) is 0 Å². The van der Waals surface area contributed by atoms with Crippen LogP contribution in [0.5, 0.6) is 5.88 Å². The van der Waals surface area contributed by atoms with Crippen LogP contribution in [0.25, 0.3) is 0 Å². The first kappa shape index (κ1) is 16.7. The first-order valence-corrected chi connectivity index (χ1v) is 7.81. The van der Waals surface area contributed by atoms with Crippen LogP contribution in [-0.4, -0.2) is 29.1 Å². The number of hydrogen-bond donors (Lipinski definition) is 2. The molecule has 0 aliphatic heterocycles. The molecule has 23 heavy (non-hydrogen) atoms. The van der Waals surface area contributed by atoms with Gasteiger partial charge in [0.1, 0.15) is 0 Å². The van der Waals surface area contributed by atoms with Gasteiger partial charge in [-0.05, 0) is 37.6 Å². The zero-order valence-electron chi connectivity index (χ0n) is 13.6. The van der Waals surface area contributed by atoms with Crippen LogP contribution in [0.3, 0.4) is 0 Å². The van der Waals surface area contributed by atoms with Gasteiger partial charge in [-0.25, -0.2) is 9.98 Å². The van der Waals surface area contributed by atoms with Crippen LogP contribution < -0.4 is 15.4 Å². The molecule has 6 heteroatoms. The molecule has 2 rings (SSSR count). The van der Waals surface area contributed by atoms with Gasteiger partial charge in [0.15, 0.2) is 5.96 Å². The molecule has 0 unspecified atom stereocenters. The van der Waals surface area contributed by atoms with Crippen molar-refractivity contribution in [3.8, 4) is 5.88 Å². The van der Waals surface area contributed by atoms with Crippen LogP contribution in [0.15, 0.2) is 47.7 Å². The molecule has 2 aromatic heterocycles. The Morgan fingerprint density at radius 1 is 1.13 bits per heavy atom. The Labute approximate surface area is 137 Å². The predicted octanol–water partition coefficient (Wildman–Crippen LogP) is 2.13. The Morgan fingerprint density at radius 2 is 2.04 bits per heavy atom. The normalized spacial score (nSPS) is 11.1. The van der Waals surface area contributed by atoms with E-state index in [0.717, 1.165) is 23.8 Å². The maximum atomic E-state index is 5.41. The largest absolute Gasteiger partial charge is 0.478 e. The zero-order chi connectivity index (χ0) is 16.3. The molecule has 0 aliphatic rings. The highest BCUT2D eigenvalue weighted by Gasteiger charge is 2.01. The molecule has 0 radical (unpaired) electrons. The monoisotopic (exact) mass is 313 g/mol. The van der Waals surface area contributed by atoms with E-state index >= 15 is 0 Å². The summed E-state index contributed by atoms with van der Waals surface area (Å²) in [7, 11) is 0. The van der Waals surface area contributed by atoms with Gasteiger partial charge in [0.2, 0.25) is 5.88 Å². The van der Waals surface area contributed by atoms with Crippen molar-refractivity contribution in [2.24, 2.45) is 4.99 Å². The molecule has 0 aromatic carbocycles. The Hall–Kier alpha value is -2.63. The highest BCUT2D eigenvalue weighted by Crippen LogP contribution is 2.10. The number of rotatable bonds is 7. The summed E-state index contributed by atoms with van der Waals surface area (Å²) in [5.41, 5.74) is 2.03. The summed E-state index contributed by atoms with van der Waals surface area (Å²) in [4.78, 5) is 13.0. The molecule has 0 aliphatic carbocycles. The van der Waals surface area contributed by atoms with Gasteiger partial charge in [0.25, 0.3) is 0 Å². The number of guanidine groups is 1. The van der Waals surface area contributed by atoms with Crippen LogP contribution in [0.1, 0.15) is 25.1 Å². The SMILES string of the molecule is CCNC(=NCc1ccnc(OCC)c1)NCc1ccccn1. The lowest BCUT2D eigenvalue weighted by Gasteiger charge is -2.11. The van der Waals surface area contributed by atoms with Gasteiger partial charge in [-0.1, -0.05) is 6.07 Å². The van der Waals surface area contributed by atoms with Crippen LogP contribution in [0.2, 0.25) is 0 Å². The molecule has 0 atom stereocenters. The van der Waals surface area contributed by atoms with Crippen LogP contribution in [0, 0.1) is 0 Å². The van der Waals surface area contributed by atoms with Crippen molar-refractivity contribution >= 4 is 5.96 Å². The molecule has 122 valence electrons. The Morgan fingerprint density at radius 3 is 2.78 bits per heavy atom. The summed E-state index contributed by atoms with van der Waals surface area (Å²) in [6, 6.07) is 9.71. The number of pyridine rings is 2. The van der Waals surface area contributed by atoms with E-state index in [1.807, 2.05) is 44.2 Å². The van der Waals surface area contributed by atoms with Crippen molar-refractivity contribution in [3.05, 3.63) is 54.0 Å². The topological polar surface area (TPSA) is 71.4 Å². The number of ether oxygens (including phenoxy) is 1. The van der Waals surface area contributed by atoms with E-state index in [-0.39, 0.29) is 0 Å². The van der Waals surface area contributed by atoms with Gasteiger partial charge in [0.05, 0.1) is 25.4 Å². The summed E-state index contributed by atoms with van der Waals surface area (Å²) in [5, 5.41) is 6.50. The fourth-order valence-corrected chi connectivity index (χ4v) is 1.96. The van der Waals surface area contributed by atoms with Crippen LogP contribution >= 0.6 is 0 Å². The third kappa shape index (κ3) is 5.94. The van der Waals surface area contributed by atoms with E-state index in [1.165, 1.54) is 0 Å². The molecule has 2 aromatic rings. The van der Waals surface area contributed by atoms with Gasteiger partial charge >= 0.3 is 0 Å². The van der Waals surface area contributed by atoms with Crippen molar-refractivity contribution in [1.82, 2.24) is 20.6 Å². The molecule has 0 spiro atoms.